The minimum atomic E-state index is -3.48. The van der Waals surface area contributed by atoms with E-state index in [0.29, 0.717) is 23.8 Å². The van der Waals surface area contributed by atoms with Crippen molar-refractivity contribution >= 4 is 31.6 Å². The number of amidine groups is 1. The zero-order valence-electron chi connectivity index (χ0n) is 20.8. The molecule has 0 aliphatic carbocycles. The number of methoxy groups -OCH3 is 1. The van der Waals surface area contributed by atoms with Crippen LogP contribution in [0.3, 0.4) is 0 Å². The Morgan fingerprint density at radius 2 is 2.16 bits per heavy atom. The standard InChI is InChI=1S/C22H31N6O8P/c1-14(21(30)32-3)27-37(31,9-6-15-4-5-16-17(10-15)35-13-34-16)36-8-7-33-12-28-11-24-18-19(28)25-22(2,23)26-20(18)29/h4-5,10-11,14,18H,6-9,12-13,23H2,1-3H3,(H,26,29)(H,27,31)/t14-,18?,22?,37?/m1/s1. The van der Waals surface area contributed by atoms with Gasteiger partial charge in [0.25, 0.3) is 13.4 Å². The number of aryl methyl sites for hydroxylation is 1. The van der Waals surface area contributed by atoms with Gasteiger partial charge >= 0.3 is 5.97 Å². The Balaban J connectivity index is 1.31. The molecular formula is C22H31N6O8P. The van der Waals surface area contributed by atoms with E-state index >= 15 is 0 Å². The van der Waals surface area contributed by atoms with Crippen LogP contribution in [0.5, 0.6) is 11.5 Å². The number of amides is 1. The number of fused-ring (bicyclic) bond motifs is 2. The Morgan fingerprint density at radius 3 is 2.95 bits per heavy atom. The highest BCUT2D eigenvalue weighted by Gasteiger charge is 2.40. The molecular weight excluding hydrogens is 507 g/mol. The van der Waals surface area contributed by atoms with Gasteiger partial charge in [-0.05, 0) is 38.0 Å². The van der Waals surface area contributed by atoms with Crippen LogP contribution in [-0.4, -0.2) is 86.8 Å². The first-order valence-electron chi connectivity index (χ1n) is 11.7. The molecule has 0 radical (unpaired) electrons. The van der Waals surface area contributed by atoms with Crippen molar-refractivity contribution in [2.24, 2.45) is 15.7 Å². The second-order valence-electron chi connectivity index (χ2n) is 8.82. The van der Waals surface area contributed by atoms with Gasteiger partial charge < -0.3 is 28.8 Å². The Labute approximate surface area is 214 Å². The molecule has 3 heterocycles. The fourth-order valence-corrected chi connectivity index (χ4v) is 5.84. The maximum Gasteiger partial charge on any atom is 0.323 e. The molecule has 14 nitrogen and oxygen atoms in total. The van der Waals surface area contributed by atoms with Gasteiger partial charge in [-0.15, -0.1) is 0 Å². The normalized spacial score (nSPS) is 24.2. The molecule has 0 saturated carbocycles. The molecule has 0 saturated heterocycles. The van der Waals surface area contributed by atoms with E-state index in [-0.39, 0.29) is 38.8 Å². The third-order valence-corrected chi connectivity index (χ3v) is 7.89. The van der Waals surface area contributed by atoms with Gasteiger partial charge in [0.05, 0.1) is 26.7 Å². The lowest BCUT2D eigenvalue weighted by atomic mass is 10.1. The van der Waals surface area contributed by atoms with E-state index in [9.17, 15) is 14.2 Å². The maximum atomic E-state index is 13.6. The Hall–Kier alpha value is -3.03. The van der Waals surface area contributed by atoms with Crippen LogP contribution in [0.4, 0.5) is 0 Å². The van der Waals surface area contributed by atoms with Crippen molar-refractivity contribution in [3.63, 3.8) is 0 Å². The van der Waals surface area contributed by atoms with E-state index in [0.717, 1.165) is 5.56 Å². The molecule has 3 unspecified atom stereocenters. The van der Waals surface area contributed by atoms with Gasteiger partial charge in [-0.2, -0.15) is 0 Å². The molecule has 4 atom stereocenters. The number of aliphatic imine (C=N–C) groups is 2. The van der Waals surface area contributed by atoms with Gasteiger partial charge in [-0.25, -0.2) is 10.1 Å². The average Bonchev–Trinajstić information content (AvgIpc) is 3.48. The summed E-state index contributed by atoms with van der Waals surface area (Å²) in [6, 6.07) is 3.87. The van der Waals surface area contributed by atoms with Crippen LogP contribution in [0, 0.1) is 0 Å². The smallest absolute Gasteiger partial charge is 0.323 e. The van der Waals surface area contributed by atoms with E-state index < -0.39 is 31.4 Å². The topological polar surface area (TPSA) is 175 Å². The summed E-state index contributed by atoms with van der Waals surface area (Å²) in [5.74, 6) is -0.465. The average molecular weight is 538 g/mol. The third kappa shape index (κ3) is 6.65. The molecule has 3 aliphatic rings. The number of esters is 1. The van der Waals surface area contributed by atoms with Crippen molar-refractivity contribution < 1.29 is 37.6 Å². The molecule has 0 fully saturated rings. The minimum Gasteiger partial charge on any atom is -0.468 e. The van der Waals surface area contributed by atoms with Gasteiger partial charge in [0, 0.05) is 6.16 Å². The fraction of sp³-hybridized carbons (Fsp3) is 0.545. The van der Waals surface area contributed by atoms with Crippen molar-refractivity contribution in [3.8, 4) is 11.5 Å². The van der Waals surface area contributed by atoms with Gasteiger partial charge in [-0.3, -0.25) is 29.8 Å². The highest BCUT2D eigenvalue weighted by atomic mass is 31.2. The lowest BCUT2D eigenvalue weighted by molar-refractivity contribution is -0.142. The molecule has 1 amide bonds. The molecule has 0 aromatic heterocycles. The summed E-state index contributed by atoms with van der Waals surface area (Å²) in [7, 11) is -2.22. The zero-order valence-corrected chi connectivity index (χ0v) is 21.7. The Bertz CT molecular complexity index is 1140. The summed E-state index contributed by atoms with van der Waals surface area (Å²) in [6.45, 7) is 3.39. The van der Waals surface area contributed by atoms with E-state index in [4.69, 9.17) is 29.2 Å². The molecule has 37 heavy (non-hydrogen) atoms. The first-order chi connectivity index (χ1) is 17.6. The summed E-state index contributed by atoms with van der Waals surface area (Å²) in [5, 5.41) is 5.36. The molecule has 1 aromatic carbocycles. The van der Waals surface area contributed by atoms with Gasteiger partial charge in [0.15, 0.2) is 23.3 Å². The van der Waals surface area contributed by atoms with Crippen LogP contribution < -0.4 is 25.6 Å². The van der Waals surface area contributed by atoms with Crippen LogP contribution in [0.1, 0.15) is 19.4 Å². The summed E-state index contributed by atoms with van der Waals surface area (Å²) in [6.07, 6.45) is 1.98. The Kier molecular flexibility index (Phi) is 8.14. The van der Waals surface area contributed by atoms with Crippen molar-refractivity contribution in [1.29, 1.82) is 0 Å². The molecule has 0 spiro atoms. The second-order valence-corrected chi connectivity index (χ2v) is 11.1. The first kappa shape index (κ1) is 27.0. The summed E-state index contributed by atoms with van der Waals surface area (Å²) < 4.78 is 40.4. The molecule has 3 aliphatic heterocycles. The van der Waals surface area contributed by atoms with Gasteiger partial charge in [0.1, 0.15) is 18.6 Å². The first-order valence-corrected chi connectivity index (χ1v) is 13.5. The van der Waals surface area contributed by atoms with Crippen LogP contribution in [0.25, 0.3) is 0 Å². The van der Waals surface area contributed by atoms with Crippen LogP contribution in [-0.2, 0) is 34.6 Å². The number of hydrogen-bond donors (Lipinski definition) is 3. The van der Waals surface area contributed by atoms with E-state index in [1.54, 1.807) is 24.8 Å². The van der Waals surface area contributed by atoms with Crippen molar-refractivity contribution in [1.82, 2.24) is 15.3 Å². The van der Waals surface area contributed by atoms with E-state index in [1.807, 2.05) is 12.1 Å². The van der Waals surface area contributed by atoms with E-state index in [1.165, 1.54) is 13.4 Å². The number of hydrogen-bond acceptors (Lipinski definition) is 12. The summed E-state index contributed by atoms with van der Waals surface area (Å²) in [4.78, 5) is 34.1. The van der Waals surface area contributed by atoms with E-state index in [2.05, 4.69) is 20.4 Å². The van der Waals surface area contributed by atoms with Crippen LogP contribution in [0.15, 0.2) is 28.2 Å². The molecule has 202 valence electrons. The van der Waals surface area contributed by atoms with Crippen LogP contribution >= 0.6 is 7.52 Å². The maximum absolute atomic E-state index is 13.6. The number of carbonyl (C=O) groups is 2. The second kappa shape index (κ2) is 11.2. The highest BCUT2D eigenvalue weighted by molar-refractivity contribution is 7.56. The number of rotatable bonds is 12. The number of nitrogens with one attached hydrogen (secondary N) is 2. The lowest BCUT2D eigenvalue weighted by Gasteiger charge is -2.31. The molecule has 1 aromatic rings. The number of nitrogens with zero attached hydrogens (tertiary/aromatic N) is 3. The van der Waals surface area contributed by atoms with Crippen molar-refractivity contribution in [3.05, 3.63) is 23.8 Å². The predicted octanol–water partition coefficient (Wildman–Crippen LogP) is 0.166. The number of nitrogens with two attached hydrogens (primary N) is 1. The quantitative estimate of drug-likeness (QED) is 0.188. The SMILES string of the molecule is COC(=O)[C@@H](C)NP(=O)(CCc1ccc2c(c1)OCO2)OCCOCN1C=NC2C(=O)NC(C)(N)N=C21. The largest absolute Gasteiger partial charge is 0.468 e. The molecule has 15 heteroatoms. The summed E-state index contributed by atoms with van der Waals surface area (Å²) in [5.41, 5.74) is 6.81. The van der Waals surface area contributed by atoms with Crippen LogP contribution in [0.2, 0.25) is 0 Å². The minimum absolute atomic E-state index is 0.0186. The van der Waals surface area contributed by atoms with Gasteiger partial charge in [-0.1, -0.05) is 6.07 Å². The molecule has 4 rings (SSSR count). The molecule has 4 N–H and O–H groups in total. The van der Waals surface area contributed by atoms with Crippen molar-refractivity contribution in [2.75, 3.05) is 40.0 Å². The molecule has 0 bridgehead atoms. The predicted molar refractivity (Wildman–Crippen MR) is 132 cm³/mol. The fourth-order valence-electron chi connectivity index (χ4n) is 3.89. The lowest BCUT2D eigenvalue weighted by Crippen LogP contribution is -2.61. The summed E-state index contributed by atoms with van der Waals surface area (Å²) >= 11 is 0. The highest BCUT2D eigenvalue weighted by Crippen LogP contribution is 2.44. The number of carbonyl (C=O) groups excluding carboxylic acids is 2. The monoisotopic (exact) mass is 538 g/mol. The number of benzene rings is 1. The Morgan fingerprint density at radius 1 is 1.38 bits per heavy atom. The van der Waals surface area contributed by atoms with Crippen molar-refractivity contribution in [2.45, 2.75) is 38.1 Å². The third-order valence-electron chi connectivity index (χ3n) is 5.70. The number of ether oxygens (including phenoxy) is 4. The zero-order chi connectivity index (χ0) is 26.6. The van der Waals surface area contributed by atoms with Gasteiger partial charge in [0.2, 0.25) is 6.79 Å².